The molecule has 4 heterocycles. The number of amides is 1. The number of hydrogen-bond donors (Lipinski definition) is 1. The topological polar surface area (TPSA) is 83.9 Å². The lowest BCUT2D eigenvalue weighted by atomic mass is 9.96. The van der Waals surface area contributed by atoms with E-state index in [1.807, 2.05) is 0 Å². The summed E-state index contributed by atoms with van der Waals surface area (Å²) < 4.78 is 0. The molecule has 1 fully saturated rings. The van der Waals surface area contributed by atoms with Crippen molar-refractivity contribution in [2.24, 2.45) is 5.92 Å². The van der Waals surface area contributed by atoms with Crippen LogP contribution in [0.4, 0.5) is 10.9 Å². The van der Waals surface area contributed by atoms with E-state index in [9.17, 15) is 4.79 Å². The Morgan fingerprint density at radius 3 is 2.61 bits per heavy atom. The number of thiophene rings is 1. The van der Waals surface area contributed by atoms with Crippen LogP contribution in [0.25, 0.3) is 10.2 Å². The summed E-state index contributed by atoms with van der Waals surface area (Å²) in [6.45, 7) is 10.0. The average Bonchev–Trinajstić information content (AvgIpc) is 3.27. The number of piperidine rings is 1. The molecule has 0 radical (unpaired) electrons. The van der Waals surface area contributed by atoms with Crippen LogP contribution in [0.2, 0.25) is 0 Å². The monoisotopic (exact) mass is 416 g/mol. The number of aromatic nitrogens is 4. The standard InChI is InChI=1S/C19H24N6OS2/c1-10(2)17-23-24-19(28-17)22-16(26)13-5-7-25(8-6-13)15-14-11(3)12(4)27-18(14)21-9-20-15/h9-10,13H,5-8H2,1-4H3,(H,22,24,26). The van der Waals surface area contributed by atoms with Crippen molar-refractivity contribution in [3.8, 4) is 0 Å². The van der Waals surface area contributed by atoms with Crippen LogP contribution >= 0.6 is 22.7 Å². The van der Waals surface area contributed by atoms with Gasteiger partial charge in [-0.15, -0.1) is 21.5 Å². The fourth-order valence-corrected chi connectivity index (χ4v) is 5.22. The summed E-state index contributed by atoms with van der Waals surface area (Å²) in [5.74, 6) is 1.35. The predicted octanol–water partition coefficient (Wildman–Crippen LogP) is 4.14. The van der Waals surface area contributed by atoms with Gasteiger partial charge in [-0.2, -0.15) is 0 Å². The molecule has 3 aromatic heterocycles. The van der Waals surface area contributed by atoms with Gasteiger partial charge in [-0.1, -0.05) is 25.2 Å². The molecule has 1 saturated heterocycles. The van der Waals surface area contributed by atoms with E-state index in [1.54, 1.807) is 17.7 Å². The highest BCUT2D eigenvalue weighted by Gasteiger charge is 2.28. The fraction of sp³-hybridized carbons (Fsp3) is 0.526. The molecule has 148 valence electrons. The van der Waals surface area contributed by atoms with Crippen molar-refractivity contribution in [3.05, 3.63) is 21.8 Å². The van der Waals surface area contributed by atoms with E-state index < -0.39 is 0 Å². The lowest BCUT2D eigenvalue weighted by Crippen LogP contribution is -2.38. The number of anilines is 2. The SMILES string of the molecule is Cc1sc2ncnc(N3CCC(C(=O)Nc4nnc(C(C)C)s4)CC3)c2c1C. The van der Waals surface area contributed by atoms with Crippen molar-refractivity contribution >= 4 is 49.7 Å². The van der Waals surface area contributed by atoms with E-state index in [1.165, 1.54) is 21.8 Å². The Morgan fingerprint density at radius 2 is 1.93 bits per heavy atom. The second kappa shape index (κ2) is 7.71. The molecule has 0 saturated carbocycles. The molecular formula is C19H24N6OS2. The van der Waals surface area contributed by atoms with Gasteiger partial charge in [0, 0.05) is 29.8 Å². The molecule has 1 aliphatic rings. The van der Waals surface area contributed by atoms with E-state index in [0.717, 1.165) is 47.0 Å². The van der Waals surface area contributed by atoms with Crippen molar-refractivity contribution in [1.29, 1.82) is 0 Å². The van der Waals surface area contributed by atoms with Crippen LogP contribution < -0.4 is 10.2 Å². The second-order valence-electron chi connectivity index (χ2n) is 7.51. The molecule has 4 rings (SSSR count). The van der Waals surface area contributed by atoms with Crippen LogP contribution in [0.5, 0.6) is 0 Å². The van der Waals surface area contributed by atoms with Crippen LogP contribution in [0.3, 0.4) is 0 Å². The summed E-state index contributed by atoms with van der Waals surface area (Å²) in [6.07, 6.45) is 3.25. The summed E-state index contributed by atoms with van der Waals surface area (Å²) in [5.41, 5.74) is 1.26. The highest BCUT2D eigenvalue weighted by Crippen LogP contribution is 2.35. The van der Waals surface area contributed by atoms with Gasteiger partial charge in [0.15, 0.2) is 0 Å². The first kappa shape index (κ1) is 19.2. The predicted molar refractivity (Wildman–Crippen MR) is 114 cm³/mol. The molecule has 0 bridgehead atoms. The normalized spacial score (nSPS) is 15.5. The van der Waals surface area contributed by atoms with Gasteiger partial charge in [-0.25, -0.2) is 9.97 Å². The van der Waals surface area contributed by atoms with Gasteiger partial charge in [0.05, 0.1) is 5.39 Å². The number of fused-ring (bicyclic) bond motifs is 1. The Balaban J connectivity index is 1.42. The quantitative estimate of drug-likeness (QED) is 0.688. The van der Waals surface area contributed by atoms with Crippen LogP contribution in [0, 0.1) is 19.8 Å². The highest BCUT2D eigenvalue weighted by molar-refractivity contribution is 7.18. The average molecular weight is 417 g/mol. The Kier molecular flexibility index (Phi) is 5.29. The smallest absolute Gasteiger partial charge is 0.229 e. The Bertz CT molecular complexity index is 1000. The number of nitrogens with one attached hydrogen (secondary N) is 1. The third-order valence-corrected chi connectivity index (χ3v) is 7.53. The van der Waals surface area contributed by atoms with E-state index in [2.05, 4.69) is 58.1 Å². The van der Waals surface area contributed by atoms with Gasteiger partial charge >= 0.3 is 0 Å². The van der Waals surface area contributed by atoms with Crippen molar-refractivity contribution in [3.63, 3.8) is 0 Å². The van der Waals surface area contributed by atoms with Gasteiger partial charge in [0.25, 0.3) is 0 Å². The lowest BCUT2D eigenvalue weighted by Gasteiger charge is -2.32. The summed E-state index contributed by atoms with van der Waals surface area (Å²) in [5, 5.41) is 13.9. The molecule has 0 aliphatic carbocycles. The zero-order valence-corrected chi connectivity index (χ0v) is 18.2. The zero-order chi connectivity index (χ0) is 19.8. The molecule has 0 spiro atoms. The second-order valence-corrected chi connectivity index (χ2v) is 9.72. The minimum absolute atomic E-state index is 0.00899. The molecule has 9 heteroatoms. The molecule has 28 heavy (non-hydrogen) atoms. The van der Waals surface area contributed by atoms with Gasteiger partial charge in [0.1, 0.15) is 22.0 Å². The van der Waals surface area contributed by atoms with Crippen LogP contribution in [-0.4, -0.2) is 39.2 Å². The largest absolute Gasteiger partial charge is 0.356 e. The molecular weight excluding hydrogens is 392 g/mol. The summed E-state index contributed by atoms with van der Waals surface area (Å²) in [7, 11) is 0. The molecule has 3 aromatic rings. The molecule has 0 unspecified atom stereocenters. The van der Waals surface area contributed by atoms with Crippen molar-refractivity contribution < 1.29 is 4.79 Å². The van der Waals surface area contributed by atoms with Gasteiger partial charge < -0.3 is 10.2 Å². The van der Waals surface area contributed by atoms with Crippen LogP contribution in [0.15, 0.2) is 6.33 Å². The lowest BCUT2D eigenvalue weighted by molar-refractivity contribution is -0.120. The number of carbonyl (C=O) groups is 1. The first-order chi connectivity index (χ1) is 13.4. The maximum atomic E-state index is 12.6. The van der Waals surface area contributed by atoms with Gasteiger partial charge in [-0.05, 0) is 32.3 Å². The fourth-order valence-electron chi connectivity index (χ4n) is 3.48. The van der Waals surface area contributed by atoms with Crippen molar-refractivity contribution in [2.75, 3.05) is 23.3 Å². The Labute approximate surface area is 172 Å². The molecule has 0 atom stereocenters. The zero-order valence-electron chi connectivity index (χ0n) is 16.5. The van der Waals surface area contributed by atoms with E-state index in [4.69, 9.17) is 0 Å². The minimum atomic E-state index is -0.00899. The maximum absolute atomic E-state index is 12.6. The first-order valence-electron chi connectivity index (χ1n) is 9.54. The van der Waals surface area contributed by atoms with E-state index in [-0.39, 0.29) is 11.8 Å². The molecule has 7 nitrogen and oxygen atoms in total. The third-order valence-electron chi connectivity index (χ3n) is 5.28. The number of nitrogens with zero attached hydrogens (tertiary/aromatic N) is 5. The highest BCUT2D eigenvalue weighted by atomic mass is 32.1. The number of carbonyl (C=O) groups excluding carboxylic acids is 1. The molecule has 1 amide bonds. The van der Waals surface area contributed by atoms with Gasteiger partial charge in [-0.3, -0.25) is 4.79 Å². The minimum Gasteiger partial charge on any atom is -0.356 e. The summed E-state index contributed by atoms with van der Waals surface area (Å²) >= 11 is 3.17. The molecule has 0 aromatic carbocycles. The van der Waals surface area contributed by atoms with Crippen LogP contribution in [0.1, 0.15) is 48.1 Å². The third kappa shape index (κ3) is 3.60. The van der Waals surface area contributed by atoms with Crippen molar-refractivity contribution in [1.82, 2.24) is 20.2 Å². The number of hydrogen-bond acceptors (Lipinski definition) is 8. The number of rotatable bonds is 4. The maximum Gasteiger partial charge on any atom is 0.229 e. The van der Waals surface area contributed by atoms with Crippen molar-refractivity contribution in [2.45, 2.75) is 46.5 Å². The Hall–Kier alpha value is -2.13. The Morgan fingerprint density at radius 1 is 1.18 bits per heavy atom. The molecule has 1 aliphatic heterocycles. The van der Waals surface area contributed by atoms with E-state index >= 15 is 0 Å². The summed E-state index contributed by atoms with van der Waals surface area (Å²) in [6, 6.07) is 0. The van der Waals surface area contributed by atoms with Crippen LogP contribution in [-0.2, 0) is 4.79 Å². The number of aryl methyl sites for hydroxylation is 2. The first-order valence-corrected chi connectivity index (χ1v) is 11.2. The molecule has 1 N–H and O–H groups in total. The summed E-state index contributed by atoms with van der Waals surface area (Å²) in [4.78, 5) is 26.2. The van der Waals surface area contributed by atoms with Gasteiger partial charge in [0.2, 0.25) is 11.0 Å². The van der Waals surface area contributed by atoms with E-state index in [0.29, 0.717) is 11.0 Å².